The zero-order chi connectivity index (χ0) is 12.6. The van der Waals surface area contributed by atoms with Crippen molar-refractivity contribution in [3.8, 4) is 11.4 Å². The van der Waals surface area contributed by atoms with Gasteiger partial charge in [0, 0.05) is 7.05 Å². The Labute approximate surface area is 94.1 Å². The minimum Gasteiger partial charge on any atom is -0.384 e. The number of hydrogen-bond acceptors (Lipinski definition) is 4. The van der Waals surface area contributed by atoms with E-state index < -0.39 is 11.7 Å². The lowest BCUT2D eigenvalue weighted by Gasteiger charge is -2.09. The number of nitrogens with zero attached hydrogens (tertiary/aromatic N) is 4. The lowest BCUT2D eigenvalue weighted by Crippen LogP contribution is -2.08. The van der Waals surface area contributed by atoms with Crippen LogP contribution < -0.4 is 5.73 Å². The molecule has 0 aromatic carbocycles. The molecular weight excluding hydrogens is 235 g/mol. The lowest BCUT2D eigenvalue weighted by atomic mass is 10.2. The van der Waals surface area contributed by atoms with Crippen LogP contribution in [0.1, 0.15) is 5.56 Å². The smallest absolute Gasteiger partial charge is 0.384 e. The van der Waals surface area contributed by atoms with Crippen molar-refractivity contribution in [3.05, 3.63) is 23.9 Å². The van der Waals surface area contributed by atoms with Crippen LogP contribution in [0.3, 0.4) is 0 Å². The third-order valence-corrected chi connectivity index (χ3v) is 2.15. The molecule has 90 valence electrons. The summed E-state index contributed by atoms with van der Waals surface area (Å²) in [7, 11) is 1.56. The molecule has 0 aliphatic carbocycles. The molecule has 0 radical (unpaired) electrons. The van der Waals surface area contributed by atoms with Crippen LogP contribution in [0, 0.1) is 0 Å². The predicted molar refractivity (Wildman–Crippen MR) is 53.6 cm³/mol. The van der Waals surface area contributed by atoms with Crippen molar-refractivity contribution in [2.24, 2.45) is 7.05 Å². The molecule has 0 aliphatic rings. The fraction of sp³-hybridized carbons (Fsp3) is 0.222. The molecule has 2 N–H and O–H groups in total. The summed E-state index contributed by atoms with van der Waals surface area (Å²) < 4.78 is 39.0. The molecular formula is C9H8F3N5. The number of alkyl halides is 3. The molecule has 2 aromatic heterocycles. The number of aromatic nitrogens is 4. The minimum absolute atomic E-state index is 0.0878. The number of rotatable bonds is 1. The Balaban J connectivity index is 2.57. The topological polar surface area (TPSA) is 69.6 Å². The molecule has 0 amide bonds. The molecule has 0 aliphatic heterocycles. The van der Waals surface area contributed by atoms with Gasteiger partial charge in [0.2, 0.25) is 0 Å². The van der Waals surface area contributed by atoms with E-state index in [0.29, 0.717) is 5.69 Å². The van der Waals surface area contributed by atoms with Gasteiger partial charge in [-0.3, -0.25) is 0 Å². The standard InChI is InChI=1S/C9H8F3N5/c1-17-7(4-14-16-17)6-2-5(9(10,11)12)3-8(13)15-6/h2-4H,1H3,(H2,13,15). The van der Waals surface area contributed by atoms with Crippen LogP contribution >= 0.6 is 0 Å². The molecule has 17 heavy (non-hydrogen) atoms. The summed E-state index contributed by atoms with van der Waals surface area (Å²) in [5, 5.41) is 7.19. The van der Waals surface area contributed by atoms with E-state index >= 15 is 0 Å². The monoisotopic (exact) mass is 243 g/mol. The third kappa shape index (κ3) is 2.19. The number of aryl methyl sites for hydroxylation is 1. The first kappa shape index (κ1) is 11.4. The van der Waals surface area contributed by atoms with Crippen molar-refractivity contribution in [1.29, 1.82) is 0 Å². The third-order valence-electron chi connectivity index (χ3n) is 2.15. The van der Waals surface area contributed by atoms with Gasteiger partial charge in [-0.05, 0) is 12.1 Å². The molecule has 0 fully saturated rings. The molecule has 0 unspecified atom stereocenters. The van der Waals surface area contributed by atoms with Gasteiger partial charge >= 0.3 is 6.18 Å². The largest absolute Gasteiger partial charge is 0.416 e. The highest BCUT2D eigenvalue weighted by Crippen LogP contribution is 2.32. The van der Waals surface area contributed by atoms with E-state index in [-0.39, 0.29) is 11.5 Å². The van der Waals surface area contributed by atoms with E-state index in [1.165, 1.54) is 10.9 Å². The first-order valence-electron chi connectivity index (χ1n) is 4.58. The molecule has 0 bridgehead atoms. The van der Waals surface area contributed by atoms with Crippen molar-refractivity contribution in [1.82, 2.24) is 20.0 Å². The summed E-state index contributed by atoms with van der Waals surface area (Å²) in [6, 6.07) is 1.70. The van der Waals surface area contributed by atoms with E-state index in [1.54, 1.807) is 7.05 Å². The van der Waals surface area contributed by atoms with Crippen molar-refractivity contribution in [2.75, 3.05) is 5.73 Å². The van der Waals surface area contributed by atoms with Crippen LogP contribution in [-0.2, 0) is 13.2 Å². The molecule has 2 heterocycles. The molecule has 2 aromatic rings. The Bertz CT molecular complexity index is 546. The Morgan fingerprint density at radius 3 is 2.53 bits per heavy atom. The molecule has 0 saturated carbocycles. The Morgan fingerprint density at radius 1 is 1.29 bits per heavy atom. The maximum absolute atomic E-state index is 12.6. The van der Waals surface area contributed by atoms with Gasteiger partial charge in [-0.15, -0.1) is 5.10 Å². The highest BCUT2D eigenvalue weighted by atomic mass is 19.4. The van der Waals surface area contributed by atoms with Gasteiger partial charge in [0.1, 0.15) is 11.5 Å². The molecule has 5 nitrogen and oxygen atoms in total. The van der Waals surface area contributed by atoms with Gasteiger partial charge in [-0.1, -0.05) is 5.21 Å². The number of anilines is 1. The quantitative estimate of drug-likeness (QED) is 0.823. The summed E-state index contributed by atoms with van der Waals surface area (Å²) in [6.45, 7) is 0. The first-order chi connectivity index (χ1) is 7.88. The number of hydrogen-bond donors (Lipinski definition) is 1. The van der Waals surface area contributed by atoms with E-state index in [4.69, 9.17) is 5.73 Å². The number of halogens is 3. The highest BCUT2D eigenvalue weighted by molar-refractivity contribution is 5.57. The Kier molecular flexibility index (Phi) is 2.49. The van der Waals surface area contributed by atoms with Crippen LogP contribution in [-0.4, -0.2) is 20.0 Å². The highest BCUT2D eigenvalue weighted by Gasteiger charge is 2.31. The second kappa shape index (κ2) is 3.72. The summed E-state index contributed by atoms with van der Waals surface area (Å²) >= 11 is 0. The summed E-state index contributed by atoms with van der Waals surface area (Å²) in [5.41, 5.74) is 4.96. The lowest BCUT2D eigenvalue weighted by molar-refractivity contribution is -0.137. The predicted octanol–water partition coefficient (Wildman–Crippen LogP) is 1.48. The van der Waals surface area contributed by atoms with Crippen LogP contribution in [0.25, 0.3) is 11.4 Å². The fourth-order valence-corrected chi connectivity index (χ4v) is 1.37. The first-order valence-corrected chi connectivity index (χ1v) is 4.58. The zero-order valence-electron chi connectivity index (χ0n) is 8.73. The maximum Gasteiger partial charge on any atom is 0.416 e. The SMILES string of the molecule is Cn1nncc1-c1cc(C(F)(F)F)cc(N)n1. The van der Waals surface area contributed by atoms with Crippen LogP contribution in [0.5, 0.6) is 0 Å². The van der Waals surface area contributed by atoms with Gasteiger partial charge in [0.05, 0.1) is 17.5 Å². The van der Waals surface area contributed by atoms with Gasteiger partial charge in [0.15, 0.2) is 0 Å². The van der Waals surface area contributed by atoms with Gasteiger partial charge in [0.25, 0.3) is 0 Å². The van der Waals surface area contributed by atoms with E-state index in [0.717, 1.165) is 12.1 Å². The van der Waals surface area contributed by atoms with Crippen LogP contribution in [0.2, 0.25) is 0 Å². The Morgan fingerprint density at radius 2 is 2.00 bits per heavy atom. The average Bonchev–Trinajstić information content (AvgIpc) is 2.62. The fourth-order valence-electron chi connectivity index (χ4n) is 1.37. The normalized spacial score (nSPS) is 11.8. The van der Waals surface area contributed by atoms with Crippen molar-refractivity contribution in [2.45, 2.75) is 6.18 Å². The van der Waals surface area contributed by atoms with Gasteiger partial charge < -0.3 is 5.73 Å². The van der Waals surface area contributed by atoms with E-state index in [1.807, 2.05) is 0 Å². The van der Waals surface area contributed by atoms with Crippen molar-refractivity contribution < 1.29 is 13.2 Å². The van der Waals surface area contributed by atoms with Crippen molar-refractivity contribution >= 4 is 5.82 Å². The molecule has 0 spiro atoms. The molecule has 0 saturated heterocycles. The Hall–Kier alpha value is -2.12. The van der Waals surface area contributed by atoms with Crippen LogP contribution in [0.15, 0.2) is 18.3 Å². The van der Waals surface area contributed by atoms with E-state index in [2.05, 4.69) is 15.3 Å². The van der Waals surface area contributed by atoms with Gasteiger partial charge in [-0.25, -0.2) is 9.67 Å². The zero-order valence-corrected chi connectivity index (χ0v) is 8.73. The number of pyridine rings is 1. The molecule has 8 heteroatoms. The summed E-state index contributed by atoms with van der Waals surface area (Å²) in [5.74, 6) is -0.198. The summed E-state index contributed by atoms with van der Waals surface area (Å²) in [4.78, 5) is 3.83. The van der Waals surface area contributed by atoms with Crippen LogP contribution in [0.4, 0.5) is 19.0 Å². The van der Waals surface area contributed by atoms with E-state index in [9.17, 15) is 13.2 Å². The second-order valence-electron chi connectivity index (χ2n) is 3.41. The average molecular weight is 243 g/mol. The minimum atomic E-state index is -4.46. The second-order valence-corrected chi connectivity index (χ2v) is 3.41. The number of nitrogens with two attached hydrogens (primary N) is 1. The number of nitrogen functional groups attached to an aromatic ring is 1. The maximum atomic E-state index is 12.6. The molecule has 2 rings (SSSR count). The molecule has 0 atom stereocenters. The van der Waals surface area contributed by atoms with Crippen molar-refractivity contribution in [3.63, 3.8) is 0 Å². The summed E-state index contributed by atoms with van der Waals surface area (Å²) in [6.07, 6.45) is -3.14. The van der Waals surface area contributed by atoms with Gasteiger partial charge in [-0.2, -0.15) is 13.2 Å².